The molecule has 0 atom stereocenters. The number of benzene rings is 1. The Hall–Kier alpha value is -3.61. The van der Waals surface area contributed by atoms with E-state index in [1.54, 1.807) is 49.4 Å². The third kappa shape index (κ3) is 4.29. The summed E-state index contributed by atoms with van der Waals surface area (Å²) in [7, 11) is 3.11. The predicted molar refractivity (Wildman–Crippen MR) is 112 cm³/mol. The Morgan fingerprint density at radius 2 is 2.00 bits per heavy atom. The number of hydrogen-bond donors (Lipinski definition) is 1. The van der Waals surface area contributed by atoms with Crippen LogP contribution in [0.1, 0.15) is 27.3 Å². The molecule has 0 saturated heterocycles. The standard InChI is InChI=1S/C22H24N4O3/c1-6-7-16-11-17(12-19(28-4)21(16)29-5)22(27)24-18-8-9-20(23-13-18)26-15(3)10-14(2)25-26/h6,8-13H,1,7H2,2-5H3,(H,24,27). The molecule has 0 aliphatic carbocycles. The summed E-state index contributed by atoms with van der Waals surface area (Å²) < 4.78 is 12.6. The fourth-order valence-electron chi connectivity index (χ4n) is 3.13. The molecule has 0 aliphatic heterocycles. The molecule has 0 radical (unpaired) electrons. The number of hydrogen-bond acceptors (Lipinski definition) is 5. The molecule has 150 valence electrons. The molecule has 0 unspecified atom stereocenters. The summed E-state index contributed by atoms with van der Waals surface area (Å²) in [5, 5.41) is 7.28. The monoisotopic (exact) mass is 392 g/mol. The number of nitrogens with one attached hydrogen (secondary N) is 1. The van der Waals surface area contributed by atoms with Gasteiger partial charge in [0, 0.05) is 16.8 Å². The maximum atomic E-state index is 12.8. The minimum Gasteiger partial charge on any atom is -0.493 e. The maximum absolute atomic E-state index is 12.8. The first kappa shape index (κ1) is 20.1. The number of amides is 1. The van der Waals surface area contributed by atoms with Crippen LogP contribution in [-0.2, 0) is 6.42 Å². The highest BCUT2D eigenvalue weighted by Crippen LogP contribution is 2.33. The SMILES string of the molecule is C=CCc1cc(C(=O)Nc2ccc(-n3nc(C)cc3C)nc2)cc(OC)c1OC. The molecular weight excluding hydrogens is 368 g/mol. The maximum Gasteiger partial charge on any atom is 0.255 e. The highest BCUT2D eigenvalue weighted by atomic mass is 16.5. The van der Waals surface area contributed by atoms with Crippen LogP contribution in [0.15, 0.2) is 49.2 Å². The van der Waals surface area contributed by atoms with Gasteiger partial charge >= 0.3 is 0 Å². The van der Waals surface area contributed by atoms with Gasteiger partial charge < -0.3 is 14.8 Å². The number of methoxy groups -OCH3 is 2. The van der Waals surface area contributed by atoms with Gasteiger partial charge in [-0.15, -0.1) is 6.58 Å². The highest BCUT2D eigenvalue weighted by Gasteiger charge is 2.16. The zero-order valence-corrected chi connectivity index (χ0v) is 17.0. The topological polar surface area (TPSA) is 78.3 Å². The molecule has 2 aromatic heterocycles. The average Bonchev–Trinajstić information content (AvgIpc) is 3.06. The second-order valence-electron chi connectivity index (χ2n) is 6.56. The molecular formula is C22H24N4O3. The summed E-state index contributed by atoms with van der Waals surface area (Å²) in [6.07, 6.45) is 3.91. The second-order valence-corrected chi connectivity index (χ2v) is 6.56. The molecule has 29 heavy (non-hydrogen) atoms. The fraction of sp³-hybridized carbons (Fsp3) is 0.227. The lowest BCUT2D eigenvalue weighted by molar-refractivity contribution is 0.102. The Morgan fingerprint density at radius 1 is 1.21 bits per heavy atom. The van der Waals surface area contributed by atoms with Crippen molar-refractivity contribution in [3.63, 3.8) is 0 Å². The molecule has 3 aromatic rings. The molecule has 0 fully saturated rings. The van der Waals surface area contributed by atoms with Gasteiger partial charge in [0.25, 0.3) is 5.91 Å². The van der Waals surface area contributed by atoms with Crippen molar-refractivity contribution in [1.82, 2.24) is 14.8 Å². The van der Waals surface area contributed by atoms with E-state index in [0.29, 0.717) is 35.0 Å². The van der Waals surface area contributed by atoms with E-state index in [0.717, 1.165) is 17.0 Å². The zero-order valence-electron chi connectivity index (χ0n) is 17.0. The van der Waals surface area contributed by atoms with Gasteiger partial charge in [0.2, 0.25) is 0 Å². The lowest BCUT2D eigenvalue weighted by Crippen LogP contribution is -2.13. The van der Waals surface area contributed by atoms with Gasteiger partial charge in [-0.25, -0.2) is 9.67 Å². The smallest absolute Gasteiger partial charge is 0.255 e. The van der Waals surface area contributed by atoms with Crippen LogP contribution < -0.4 is 14.8 Å². The van der Waals surface area contributed by atoms with Crippen LogP contribution in [-0.4, -0.2) is 34.9 Å². The molecule has 1 amide bonds. The quantitative estimate of drug-likeness (QED) is 0.618. The van der Waals surface area contributed by atoms with Crippen LogP contribution in [0.4, 0.5) is 5.69 Å². The van der Waals surface area contributed by atoms with Gasteiger partial charge in [0.05, 0.1) is 31.8 Å². The van der Waals surface area contributed by atoms with E-state index in [2.05, 4.69) is 22.0 Å². The number of anilines is 1. The lowest BCUT2D eigenvalue weighted by Gasteiger charge is -2.14. The third-order valence-electron chi connectivity index (χ3n) is 4.41. The van der Waals surface area contributed by atoms with E-state index in [1.807, 2.05) is 26.0 Å². The molecule has 3 rings (SSSR count). The van der Waals surface area contributed by atoms with Crippen molar-refractivity contribution >= 4 is 11.6 Å². The van der Waals surface area contributed by atoms with E-state index >= 15 is 0 Å². The third-order valence-corrected chi connectivity index (χ3v) is 4.41. The second kappa shape index (κ2) is 8.60. The first-order valence-electron chi connectivity index (χ1n) is 9.13. The Balaban J connectivity index is 1.83. The van der Waals surface area contributed by atoms with Gasteiger partial charge in [-0.3, -0.25) is 4.79 Å². The normalized spacial score (nSPS) is 10.5. The van der Waals surface area contributed by atoms with Crippen molar-refractivity contribution in [2.45, 2.75) is 20.3 Å². The lowest BCUT2D eigenvalue weighted by atomic mass is 10.0. The van der Waals surface area contributed by atoms with Crippen LogP contribution in [0.25, 0.3) is 5.82 Å². The first-order valence-corrected chi connectivity index (χ1v) is 9.13. The van der Waals surface area contributed by atoms with Gasteiger partial charge in [0.1, 0.15) is 0 Å². The number of carbonyl (C=O) groups is 1. The summed E-state index contributed by atoms with van der Waals surface area (Å²) in [6.45, 7) is 7.66. The molecule has 1 N–H and O–H groups in total. The molecule has 0 bridgehead atoms. The van der Waals surface area contributed by atoms with Crippen LogP contribution in [0.5, 0.6) is 11.5 Å². The van der Waals surface area contributed by atoms with Gasteiger partial charge in [-0.1, -0.05) is 6.08 Å². The Labute approximate surface area is 170 Å². The van der Waals surface area contributed by atoms with Crippen molar-refractivity contribution in [3.8, 4) is 17.3 Å². The highest BCUT2D eigenvalue weighted by molar-refractivity contribution is 6.04. The van der Waals surface area contributed by atoms with E-state index < -0.39 is 0 Å². The molecule has 1 aromatic carbocycles. The van der Waals surface area contributed by atoms with E-state index in [4.69, 9.17) is 9.47 Å². The van der Waals surface area contributed by atoms with Crippen LogP contribution in [0, 0.1) is 13.8 Å². The van der Waals surface area contributed by atoms with Gasteiger partial charge in [0.15, 0.2) is 17.3 Å². The zero-order chi connectivity index (χ0) is 21.0. The van der Waals surface area contributed by atoms with Gasteiger partial charge in [-0.2, -0.15) is 5.10 Å². The average molecular weight is 392 g/mol. The molecule has 0 spiro atoms. The summed E-state index contributed by atoms with van der Waals surface area (Å²) in [5.41, 5.74) is 3.78. The number of allylic oxidation sites excluding steroid dienone is 1. The van der Waals surface area contributed by atoms with E-state index in [9.17, 15) is 4.79 Å². The number of carbonyl (C=O) groups excluding carboxylic acids is 1. The minimum atomic E-state index is -0.267. The summed E-state index contributed by atoms with van der Waals surface area (Å²) in [5.74, 6) is 1.51. The van der Waals surface area contributed by atoms with Crippen LogP contribution in [0.2, 0.25) is 0 Å². The fourth-order valence-corrected chi connectivity index (χ4v) is 3.13. The number of aromatic nitrogens is 3. The van der Waals surface area contributed by atoms with Crippen LogP contribution in [0.3, 0.4) is 0 Å². The molecule has 0 saturated carbocycles. The van der Waals surface area contributed by atoms with Crippen LogP contribution >= 0.6 is 0 Å². The molecule has 2 heterocycles. The van der Waals surface area contributed by atoms with Crippen molar-refractivity contribution in [1.29, 1.82) is 0 Å². The van der Waals surface area contributed by atoms with Crippen molar-refractivity contribution in [2.24, 2.45) is 0 Å². The molecule has 7 heteroatoms. The van der Waals surface area contributed by atoms with Crippen molar-refractivity contribution in [3.05, 3.63) is 71.7 Å². The van der Waals surface area contributed by atoms with E-state index in [1.165, 1.54) is 0 Å². The summed E-state index contributed by atoms with van der Waals surface area (Å²) in [6, 6.07) is 9.01. The number of ether oxygens (including phenoxy) is 2. The summed E-state index contributed by atoms with van der Waals surface area (Å²) in [4.78, 5) is 17.2. The summed E-state index contributed by atoms with van der Waals surface area (Å²) >= 11 is 0. The van der Waals surface area contributed by atoms with Crippen molar-refractivity contribution < 1.29 is 14.3 Å². The number of aryl methyl sites for hydroxylation is 2. The molecule has 0 aliphatic rings. The van der Waals surface area contributed by atoms with Crippen molar-refractivity contribution in [2.75, 3.05) is 19.5 Å². The predicted octanol–water partition coefficient (Wildman–Crippen LogP) is 3.88. The largest absolute Gasteiger partial charge is 0.493 e. The number of pyridine rings is 1. The first-order chi connectivity index (χ1) is 14.0. The minimum absolute atomic E-state index is 0.267. The Morgan fingerprint density at radius 3 is 2.55 bits per heavy atom. The van der Waals surface area contributed by atoms with Gasteiger partial charge in [-0.05, 0) is 50.6 Å². The Bertz CT molecular complexity index is 1040. The number of rotatable bonds is 7. The molecule has 7 nitrogen and oxygen atoms in total. The van der Waals surface area contributed by atoms with E-state index in [-0.39, 0.29) is 5.91 Å². The number of nitrogens with zero attached hydrogens (tertiary/aromatic N) is 3. The Kier molecular flexibility index (Phi) is 5.97.